The molecule has 31 heavy (non-hydrogen) atoms. The molecule has 0 bridgehead atoms. The van der Waals surface area contributed by atoms with Crippen molar-refractivity contribution in [3.05, 3.63) is 87.7 Å². The lowest BCUT2D eigenvalue weighted by atomic mass is 10.1. The number of amides is 2. The minimum atomic E-state index is -0.740. The van der Waals surface area contributed by atoms with Gasteiger partial charge in [0.15, 0.2) is 0 Å². The maximum Gasteiger partial charge on any atom is 0.258 e. The first-order valence-corrected chi connectivity index (χ1v) is 10.1. The predicted octanol–water partition coefficient (Wildman–Crippen LogP) is 5.96. The molecule has 0 spiro atoms. The van der Waals surface area contributed by atoms with Crippen LogP contribution in [0.1, 0.15) is 22.3 Å². The standard InChI is InChI=1S/C23H19Cl2FN2O3/c1-31-21-10-8-17(27-22(29)11-4-14-2-5-15(24)6-3-14)13-20(21)28-23(30)18-9-7-16(25)12-19(18)26/h2-3,5-10,12-13H,4,11H2,1H3,(H,27,29)(H,28,30). The van der Waals surface area contributed by atoms with Crippen LogP contribution < -0.4 is 15.4 Å². The van der Waals surface area contributed by atoms with Crippen molar-refractivity contribution in [2.45, 2.75) is 12.8 Å². The number of methoxy groups -OCH3 is 1. The zero-order valence-electron chi connectivity index (χ0n) is 16.5. The summed E-state index contributed by atoms with van der Waals surface area (Å²) in [5, 5.41) is 6.22. The summed E-state index contributed by atoms with van der Waals surface area (Å²) in [4.78, 5) is 24.8. The van der Waals surface area contributed by atoms with Gasteiger partial charge in [0.25, 0.3) is 5.91 Å². The number of benzene rings is 3. The Morgan fingerprint density at radius 3 is 2.32 bits per heavy atom. The number of aryl methyl sites for hydroxylation is 1. The maximum absolute atomic E-state index is 14.0. The molecule has 8 heteroatoms. The molecule has 0 aromatic heterocycles. The summed E-state index contributed by atoms with van der Waals surface area (Å²) in [6, 6.07) is 15.9. The molecule has 0 saturated carbocycles. The quantitative estimate of drug-likeness (QED) is 0.456. The highest BCUT2D eigenvalue weighted by molar-refractivity contribution is 6.31. The summed E-state index contributed by atoms with van der Waals surface area (Å²) < 4.78 is 19.3. The van der Waals surface area contributed by atoms with Gasteiger partial charge in [0.1, 0.15) is 11.6 Å². The van der Waals surface area contributed by atoms with E-state index in [0.29, 0.717) is 22.9 Å². The highest BCUT2D eigenvalue weighted by atomic mass is 35.5. The first-order valence-electron chi connectivity index (χ1n) is 9.34. The van der Waals surface area contributed by atoms with Crippen LogP contribution in [0.15, 0.2) is 60.7 Å². The van der Waals surface area contributed by atoms with E-state index >= 15 is 0 Å². The topological polar surface area (TPSA) is 67.4 Å². The van der Waals surface area contributed by atoms with Gasteiger partial charge in [-0.15, -0.1) is 0 Å². The SMILES string of the molecule is COc1ccc(NC(=O)CCc2ccc(Cl)cc2)cc1NC(=O)c1ccc(Cl)cc1F. The highest BCUT2D eigenvalue weighted by Gasteiger charge is 2.15. The summed E-state index contributed by atoms with van der Waals surface area (Å²) in [5.74, 6) is -1.24. The van der Waals surface area contributed by atoms with Crippen molar-refractivity contribution in [3.8, 4) is 5.75 Å². The number of anilines is 2. The van der Waals surface area contributed by atoms with Crippen LogP contribution in [0.2, 0.25) is 10.0 Å². The number of halogens is 3. The van der Waals surface area contributed by atoms with Gasteiger partial charge in [0, 0.05) is 22.2 Å². The number of carbonyl (C=O) groups is 2. The largest absolute Gasteiger partial charge is 0.495 e. The molecule has 0 aliphatic heterocycles. The minimum Gasteiger partial charge on any atom is -0.495 e. The third-order valence-electron chi connectivity index (χ3n) is 4.46. The molecule has 5 nitrogen and oxygen atoms in total. The third kappa shape index (κ3) is 6.20. The molecule has 0 aliphatic carbocycles. The molecular weight excluding hydrogens is 442 g/mol. The molecule has 3 aromatic rings. The number of ether oxygens (including phenoxy) is 1. The fourth-order valence-electron chi connectivity index (χ4n) is 2.88. The summed E-state index contributed by atoms with van der Waals surface area (Å²) in [6.45, 7) is 0. The number of nitrogens with one attached hydrogen (secondary N) is 2. The number of hydrogen-bond donors (Lipinski definition) is 2. The Labute approximate surface area is 189 Å². The molecule has 0 radical (unpaired) electrons. The lowest BCUT2D eigenvalue weighted by Gasteiger charge is -2.13. The van der Waals surface area contributed by atoms with Crippen LogP contribution in [0.25, 0.3) is 0 Å². The van der Waals surface area contributed by atoms with Crippen LogP contribution in [0, 0.1) is 5.82 Å². The van der Waals surface area contributed by atoms with Gasteiger partial charge in [0.05, 0.1) is 18.4 Å². The van der Waals surface area contributed by atoms with Gasteiger partial charge >= 0.3 is 0 Å². The lowest BCUT2D eigenvalue weighted by molar-refractivity contribution is -0.116. The molecule has 160 valence electrons. The summed E-state index contributed by atoms with van der Waals surface area (Å²) in [5.41, 5.74) is 1.59. The van der Waals surface area contributed by atoms with Crippen molar-refractivity contribution >= 4 is 46.4 Å². The molecule has 0 unspecified atom stereocenters. The van der Waals surface area contributed by atoms with Gasteiger partial charge in [-0.2, -0.15) is 0 Å². The van der Waals surface area contributed by atoms with Crippen LogP contribution >= 0.6 is 23.2 Å². The van der Waals surface area contributed by atoms with Gasteiger partial charge in [-0.05, 0) is 60.5 Å². The van der Waals surface area contributed by atoms with Gasteiger partial charge in [-0.3, -0.25) is 9.59 Å². The second-order valence-electron chi connectivity index (χ2n) is 6.67. The smallest absolute Gasteiger partial charge is 0.258 e. The van der Waals surface area contributed by atoms with Crippen molar-refractivity contribution in [2.24, 2.45) is 0 Å². The molecule has 0 atom stereocenters. The predicted molar refractivity (Wildman–Crippen MR) is 121 cm³/mol. The van der Waals surface area contributed by atoms with E-state index in [-0.39, 0.29) is 28.6 Å². The normalized spacial score (nSPS) is 10.5. The first-order chi connectivity index (χ1) is 14.9. The molecule has 3 rings (SSSR count). The van der Waals surface area contributed by atoms with Gasteiger partial charge < -0.3 is 15.4 Å². The van der Waals surface area contributed by atoms with Gasteiger partial charge in [0.2, 0.25) is 5.91 Å². The fourth-order valence-corrected chi connectivity index (χ4v) is 3.16. The molecule has 0 saturated heterocycles. The Kier molecular flexibility index (Phi) is 7.50. The second kappa shape index (κ2) is 10.3. The van der Waals surface area contributed by atoms with E-state index in [4.69, 9.17) is 27.9 Å². The molecule has 3 aromatic carbocycles. The van der Waals surface area contributed by atoms with Crippen molar-refractivity contribution < 1.29 is 18.7 Å². The Morgan fingerprint density at radius 2 is 1.65 bits per heavy atom. The van der Waals surface area contributed by atoms with E-state index in [2.05, 4.69) is 10.6 Å². The number of carbonyl (C=O) groups excluding carboxylic acids is 2. The summed E-state index contributed by atoms with van der Waals surface area (Å²) in [6.07, 6.45) is 0.823. The molecule has 0 aliphatic rings. The molecule has 2 amide bonds. The van der Waals surface area contributed by atoms with E-state index in [0.717, 1.165) is 11.6 Å². The molecule has 0 fully saturated rings. The monoisotopic (exact) mass is 460 g/mol. The van der Waals surface area contributed by atoms with E-state index in [1.54, 1.807) is 30.3 Å². The zero-order valence-corrected chi connectivity index (χ0v) is 18.1. The van der Waals surface area contributed by atoms with Crippen LogP contribution in [0.4, 0.5) is 15.8 Å². The molecular formula is C23H19Cl2FN2O3. The Balaban J connectivity index is 1.68. The van der Waals surface area contributed by atoms with Crippen molar-refractivity contribution in [3.63, 3.8) is 0 Å². The zero-order chi connectivity index (χ0) is 22.4. The van der Waals surface area contributed by atoms with Gasteiger partial charge in [-0.25, -0.2) is 4.39 Å². The van der Waals surface area contributed by atoms with Crippen LogP contribution in [0.3, 0.4) is 0 Å². The van der Waals surface area contributed by atoms with Crippen LogP contribution in [-0.2, 0) is 11.2 Å². The van der Waals surface area contributed by atoms with Crippen LogP contribution in [-0.4, -0.2) is 18.9 Å². The molecule has 0 heterocycles. The Bertz CT molecular complexity index is 1100. The average Bonchev–Trinajstić information content (AvgIpc) is 2.73. The maximum atomic E-state index is 14.0. The summed E-state index contributed by atoms with van der Waals surface area (Å²) >= 11 is 11.6. The Morgan fingerprint density at radius 1 is 0.935 bits per heavy atom. The average molecular weight is 461 g/mol. The van der Waals surface area contributed by atoms with Crippen molar-refractivity contribution in [2.75, 3.05) is 17.7 Å². The van der Waals surface area contributed by atoms with Crippen molar-refractivity contribution in [1.29, 1.82) is 0 Å². The van der Waals surface area contributed by atoms with E-state index in [1.807, 2.05) is 12.1 Å². The van der Waals surface area contributed by atoms with E-state index in [9.17, 15) is 14.0 Å². The third-order valence-corrected chi connectivity index (χ3v) is 4.95. The second-order valence-corrected chi connectivity index (χ2v) is 7.54. The molecule has 2 N–H and O–H groups in total. The highest BCUT2D eigenvalue weighted by Crippen LogP contribution is 2.29. The number of hydrogen-bond acceptors (Lipinski definition) is 3. The van der Waals surface area contributed by atoms with E-state index in [1.165, 1.54) is 19.2 Å². The van der Waals surface area contributed by atoms with E-state index < -0.39 is 11.7 Å². The van der Waals surface area contributed by atoms with Gasteiger partial charge in [-0.1, -0.05) is 35.3 Å². The van der Waals surface area contributed by atoms with Crippen molar-refractivity contribution in [1.82, 2.24) is 0 Å². The first kappa shape index (κ1) is 22.6. The fraction of sp³-hybridized carbons (Fsp3) is 0.130. The minimum absolute atomic E-state index is 0.163. The Hall–Kier alpha value is -3.09. The van der Waals surface area contributed by atoms with Crippen LogP contribution in [0.5, 0.6) is 5.75 Å². The summed E-state index contributed by atoms with van der Waals surface area (Å²) in [7, 11) is 1.44. The lowest BCUT2D eigenvalue weighted by Crippen LogP contribution is -2.16. The number of rotatable bonds is 7.